The van der Waals surface area contributed by atoms with Gasteiger partial charge in [0.05, 0.1) is 13.1 Å². The van der Waals surface area contributed by atoms with E-state index < -0.39 is 6.04 Å². The number of benzene rings is 2. The molecule has 2 heterocycles. The highest BCUT2D eigenvalue weighted by Gasteiger charge is 2.21. The van der Waals surface area contributed by atoms with Gasteiger partial charge in [-0.05, 0) is 82.7 Å². The first-order valence-corrected chi connectivity index (χ1v) is 16.3. The lowest BCUT2D eigenvalue weighted by molar-refractivity contribution is -0.128. The van der Waals surface area contributed by atoms with Crippen LogP contribution in [0.2, 0.25) is 0 Å². The van der Waals surface area contributed by atoms with Crippen molar-refractivity contribution in [1.29, 1.82) is 0 Å². The summed E-state index contributed by atoms with van der Waals surface area (Å²) in [7, 11) is 0. The molecule has 4 N–H and O–H groups in total. The van der Waals surface area contributed by atoms with Crippen LogP contribution in [-0.4, -0.2) is 48.1 Å². The van der Waals surface area contributed by atoms with Crippen molar-refractivity contribution in [2.75, 3.05) is 19.6 Å². The van der Waals surface area contributed by atoms with E-state index in [-0.39, 0.29) is 30.2 Å². The quantitative estimate of drug-likeness (QED) is 0.284. The normalized spacial score (nSPS) is 19.1. The number of nitrogens with zero attached hydrogens (tertiary/aromatic N) is 1. The van der Waals surface area contributed by atoms with Gasteiger partial charge in [0.15, 0.2) is 0 Å². The highest BCUT2D eigenvalue weighted by molar-refractivity contribution is 5.88. The second-order valence-electron chi connectivity index (χ2n) is 11.6. The molecular weight excluding hydrogens is 565 g/mol. The Labute approximate surface area is 270 Å². The minimum Gasteiger partial charge on any atom is -0.379 e. The van der Waals surface area contributed by atoms with Gasteiger partial charge in [0, 0.05) is 37.2 Å². The van der Waals surface area contributed by atoms with Gasteiger partial charge in [0.2, 0.25) is 11.8 Å². The first kappa shape index (κ1) is 37.3. The number of halogens is 1. The van der Waals surface area contributed by atoms with Crippen molar-refractivity contribution < 1.29 is 14.0 Å². The van der Waals surface area contributed by atoms with Gasteiger partial charge in [-0.3, -0.25) is 9.59 Å². The third-order valence-electron chi connectivity index (χ3n) is 7.32. The van der Waals surface area contributed by atoms with Crippen LogP contribution in [0.15, 0.2) is 78.8 Å². The monoisotopic (exact) mass is 619 g/mol. The molecule has 0 radical (unpaired) electrons. The van der Waals surface area contributed by atoms with Crippen LogP contribution in [-0.2, 0) is 29.0 Å². The van der Waals surface area contributed by atoms with Crippen LogP contribution in [0.5, 0.6) is 0 Å². The number of carbonyl (C=O) groups is 2. The molecule has 0 bridgehead atoms. The molecule has 1 aliphatic heterocycles. The maximum atomic E-state index is 14.6. The molecule has 7 nitrogen and oxygen atoms in total. The van der Waals surface area contributed by atoms with E-state index in [9.17, 15) is 14.0 Å². The lowest BCUT2D eigenvalue weighted by Gasteiger charge is -2.21. The number of rotatable bonds is 2. The molecule has 4 rings (SSSR count). The summed E-state index contributed by atoms with van der Waals surface area (Å²) in [6.45, 7) is 13.9. The van der Waals surface area contributed by atoms with Gasteiger partial charge < -0.3 is 25.8 Å². The predicted molar refractivity (Wildman–Crippen MR) is 184 cm³/mol. The summed E-state index contributed by atoms with van der Waals surface area (Å²) in [6.07, 6.45) is 9.69. The van der Waals surface area contributed by atoms with Gasteiger partial charge in [-0.1, -0.05) is 73.9 Å². The zero-order valence-corrected chi connectivity index (χ0v) is 28.1. The van der Waals surface area contributed by atoms with Crippen LogP contribution in [0, 0.1) is 19.7 Å². The first-order valence-electron chi connectivity index (χ1n) is 16.3. The van der Waals surface area contributed by atoms with E-state index in [2.05, 4.69) is 80.2 Å². The number of fused-ring (bicyclic) bond motifs is 1. The molecular formula is C37H54FN5O2. The maximum Gasteiger partial charge on any atom is 0.244 e. The van der Waals surface area contributed by atoms with Gasteiger partial charge in [0.1, 0.15) is 11.9 Å². The fraction of sp³-hybridized carbons (Fsp3) is 0.459. The highest BCUT2D eigenvalue weighted by Crippen LogP contribution is 2.18. The number of amides is 2. The Morgan fingerprint density at radius 3 is 2.22 bits per heavy atom. The number of hydrogen-bond acceptors (Lipinski definition) is 4. The Morgan fingerprint density at radius 2 is 1.60 bits per heavy atom. The molecule has 45 heavy (non-hydrogen) atoms. The van der Waals surface area contributed by atoms with Crippen LogP contribution >= 0.6 is 0 Å². The van der Waals surface area contributed by atoms with Gasteiger partial charge in [0.25, 0.3) is 0 Å². The van der Waals surface area contributed by atoms with Crippen molar-refractivity contribution in [3.8, 4) is 0 Å². The Balaban J connectivity index is 0.000000542. The summed E-state index contributed by atoms with van der Waals surface area (Å²) in [5, 5.41) is 12.4. The van der Waals surface area contributed by atoms with E-state index in [0.717, 1.165) is 23.2 Å². The molecule has 2 atom stereocenters. The molecule has 0 saturated carbocycles. The summed E-state index contributed by atoms with van der Waals surface area (Å²) in [5.74, 6) is -0.650. The van der Waals surface area contributed by atoms with Crippen LogP contribution in [0.1, 0.15) is 69.2 Å². The van der Waals surface area contributed by atoms with E-state index >= 15 is 0 Å². The Morgan fingerprint density at radius 1 is 0.933 bits per heavy atom. The zero-order chi connectivity index (χ0) is 33.0. The highest BCUT2D eigenvalue weighted by atomic mass is 19.1. The molecule has 2 amide bonds. The number of aryl methyl sites for hydroxylation is 3. The van der Waals surface area contributed by atoms with Crippen molar-refractivity contribution in [2.24, 2.45) is 0 Å². The van der Waals surface area contributed by atoms with Crippen LogP contribution in [0.3, 0.4) is 0 Å². The number of hydrogen-bond donors (Lipinski definition) is 4. The fourth-order valence-electron chi connectivity index (χ4n) is 4.89. The molecule has 2 aromatic carbocycles. The molecule has 8 heteroatoms. The lowest BCUT2D eigenvalue weighted by atomic mass is 9.97. The Bertz CT molecular complexity index is 1300. The van der Waals surface area contributed by atoms with Crippen molar-refractivity contribution >= 4 is 11.8 Å². The third kappa shape index (κ3) is 14.6. The first-order chi connectivity index (χ1) is 21.7. The molecule has 3 aromatic rings. The molecule has 0 spiro atoms. The standard InChI is InChI=1S/C26H36FN5O2.C8H10.C3H8/c1-3-21-16-29-19(2)11-12-22-20(8-6-10-23(22)27)9-7-13-28-26(34)24(31-25(33)17-30-21)18-32-14-4-5-15-32;1-7-4-3-5-8(2)6-7;1-3-2/h3-6,8,10,14-15,19,24,29-30H,7,9,11-13,16-18H2,1-2H3,(H,28,34)(H,31,33);3-6H,1-2H3;3H2,1-2H3/t19-,24?;;/m0../s1. The topological polar surface area (TPSA) is 87.2 Å². The van der Waals surface area contributed by atoms with E-state index in [1.807, 2.05) is 48.2 Å². The summed E-state index contributed by atoms with van der Waals surface area (Å²) >= 11 is 0. The minimum absolute atomic E-state index is 0.0732. The molecule has 1 aromatic heterocycles. The summed E-state index contributed by atoms with van der Waals surface area (Å²) in [4.78, 5) is 25.5. The van der Waals surface area contributed by atoms with Gasteiger partial charge in [-0.15, -0.1) is 0 Å². The van der Waals surface area contributed by atoms with Crippen LogP contribution in [0.25, 0.3) is 0 Å². The average molecular weight is 620 g/mol. The SMILES string of the molecule is CC=C1CN[C@@H](C)CCc2c(F)cccc2CCCNC(=O)C(Cn2cccc2)NC(=O)CN1.CCC.Cc1cccc(C)c1. The largest absolute Gasteiger partial charge is 0.379 e. The number of allylic oxidation sites excluding steroid dienone is 1. The maximum absolute atomic E-state index is 14.6. The van der Waals surface area contributed by atoms with Gasteiger partial charge in [-0.25, -0.2) is 4.39 Å². The van der Waals surface area contributed by atoms with Crippen LogP contribution in [0.4, 0.5) is 4.39 Å². The fourth-order valence-corrected chi connectivity index (χ4v) is 4.89. The molecule has 0 aliphatic carbocycles. The number of aromatic nitrogens is 1. The van der Waals surface area contributed by atoms with Crippen molar-refractivity contribution in [3.05, 3.63) is 107 Å². The molecule has 0 saturated heterocycles. The third-order valence-corrected chi connectivity index (χ3v) is 7.32. The molecule has 1 unspecified atom stereocenters. The van der Waals surface area contributed by atoms with Crippen LogP contribution < -0.4 is 21.3 Å². The van der Waals surface area contributed by atoms with E-state index in [4.69, 9.17) is 0 Å². The summed E-state index contributed by atoms with van der Waals surface area (Å²) < 4.78 is 16.5. The second kappa shape index (κ2) is 20.9. The number of carbonyl (C=O) groups excluding carboxylic acids is 2. The van der Waals surface area contributed by atoms with Crippen molar-refractivity contribution in [3.63, 3.8) is 0 Å². The predicted octanol–water partition coefficient (Wildman–Crippen LogP) is 6.00. The number of nitrogens with one attached hydrogen (secondary N) is 4. The minimum atomic E-state index is -0.697. The molecule has 246 valence electrons. The van der Waals surface area contributed by atoms with Gasteiger partial charge in [-0.2, -0.15) is 0 Å². The zero-order valence-electron chi connectivity index (χ0n) is 28.1. The van der Waals surface area contributed by atoms with E-state index in [1.165, 1.54) is 23.6 Å². The second-order valence-corrected chi connectivity index (χ2v) is 11.6. The lowest BCUT2D eigenvalue weighted by Crippen LogP contribution is -2.51. The summed E-state index contributed by atoms with van der Waals surface area (Å²) in [5.41, 5.74) is 5.30. The van der Waals surface area contributed by atoms with E-state index in [1.54, 1.807) is 6.07 Å². The smallest absolute Gasteiger partial charge is 0.244 e. The van der Waals surface area contributed by atoms with Crippen molar-refractivity contribution in [1.82, 2.24) is 25.8 Å². The van der Waals surface area contributed by atoms with Crippen molar-refractivity contribution in [2.45, 2.75) is 92.3 Å². The van der Waals surface area contributed by atoms with E-state index in [0.29, 0.717) is 38.9 Å². The summed E-state index contributed by atoms with van der Waals surface area (Å²) in [6, 6.07) is 16.9. The molecule has 1 aliphatic rings. The Hall–Kier alpha value is -3.91. The Kier molecular flexibility index (Phi) is 17.3. The van der Waals surface area contributed by atoms with Gasteiger partial charge >= 0.3 is 0 Å². The average Bonchev–Trinajstić information content (AvgIpc) is 3.52. The molecule has 0 fully saturated rings.